The Labute approximate surface area is 91.8 Å². The van der Waals surface area contributed by atoms with Crippen LogP contribution >= 0.6 is 11.3 Å². The third-order valence-electron chi connectivity index (χ3n) is 2.29. The molecule has 1 heterocycles. The predicted molar refractivity (Wildman–Crippen MR) is 61.5 cm³/mol. The summed E-state index contributed by atoms with van der Waals surface area (Å²) in [6.45, 7) is 1.99. The fourth-order valence-corrected chi connectivity index (χ4v) is 2.49. The molecule has 2 rings (SSSR count). The fraction of sp³-hybridized carbons (Fsp3) is 0.0833. The van der Waals surface area contributed by atoms with Crippen LogP contribution in [0, 0.1) is 6.92 Å². The average Bonchev–Trinajstić information content (AvgIpc) is 2.67. The molecule has 3 heteroatoms. The van der Waals surface area contributed by atoms with E-state index in [9.17, 15) is 4.79 Å². The quantitative estimate of drug-likeness (QED) is 0.838. The van der Waals surface area contributed by atoms with E-state index in [1.165, 1.54) is 11.3 Å². The molecule has 0 atom stereocenters. The van der Waals surface area contributed by atoms with Gasteiger partial charge in [-0.3, -0.25) is 0 Å². The topological polar surface area (TPSA) is 37.3 Å². The van der Waals surface area contributed by atoms with Gasteiger partial charge in [0.15, 0.2) is 0 Å². The minimum absolute atomic E-state index is 0.384. The second-order valence-electron chi connectivity index (χ2n) is 3.28. The van der Waals surface area contributed by atoms with E-state index in [-0.39, 0.29) is 0 Å². The minimum Gasteiger partial charge on any atom is -0.478 e. The lowest BCUT2D eigenvalue weighted by Gasteiger charge is -2.03. The maximum absolute atomic E-state index is 11.0. The van der Waals surface area contributed by atoms with Crippen LogP contribution in [0.3, 0.4) is 0 Å². The van der Waals surface area contributed by atoms with Crippen molar-refractivity contribution in [1.82, 2.24) is 0 Å². The van der Waals surface area contributed by atoms with E-state index in [0.29, 0.717) is 5.56 Å². The first kappa shape index (κ1) is 9.93. The summed E-state index contributed by atoms with van der Waals surface area (Å²) in [5.74, 6) is -0.866. The zero-order chi connectivity index (χ0) is 10.8. The van der Waals surface area contributed by atoms with Gasteiger partial charge in [-0.2, -0.15) is 0 Å². The molecule has 0 radical (unpaired) electrons. The summed E-state index contributed by atoms with van der Waals surface area (Å²) in [7, 11) is 0. The first-order chi connectivity index (χ1) is 7.20. The number of rotatable bonds is 2. The monoisotopic (exact) mass is 218 g/mol. The Morgan fingerprint density at radius 1 is 1.27 bits per heavy atom. The summed E-state index contributed by atoms with van der Waals surface area (Å²) in [4.78, 5) is 11.8. The Balaban J connectivity index is 2.59. The van der Waals surface area contributed by atoms with Crippen LogP contribution in [-0.2, 0) is 0 Å². The number of thiophene rings is 1. The molecular weight excluding hydrogens is 208 g/mol. The summed E-state index contributed by atoms with van der Waals surface area (Å²) < 4.78 is 0. The van der Waals surface area contributed by atoms with Crippen molar-refractivity contribution < 1.29 is 9.90 Å². The highest BCUT2D eigenvalue weighted by atomic mass is 32.1. The number of carboxylic acids is 1. The molecule has 15 heavy (non-hydrogen) atoms. The van der Waals surface area contributed by atoms with Gasteiger partial charge in [-0.25, -0.2) is 4.79 Å². The van der Waals surface area contributed by atoms with Gasteiger partial charge in [-0.05, 0) is 29.5 Å². The molecule has 76 valence electrons. The molecule has 0 spiro atoms. The standard InChI is InChI=1S/C12H10O2S/c1-8-4-2-3-5-9(8)11-10(12(13)14)6-7-15-11/h2-7H,1H3,(H,13,14). The first-order valence-electron chi connectivity index (χ1n) is 4.57. The maximum Gasteiger partial charge on any atom is 0.337 e. The summed E-state index contributed by atoms with van der Waals surface area (Å²) in [6.07, 6.45) is 0. The predicted octanol–water partition coefficient (Wildman–Crippen LogP) is 3.42. The molecule has 0 aliphatic rings. The van der Waals surface area contributed by atoms with E-state index >= 15 is 0 Å². The fourth-order valence-electron chi connectivity index (χ4n) is 1.51. The molecule has 1 aromatic heterocycles. The second-order valence-corrected chi connectivity index (χ2v) is 4.20. The van der Waals surface area contributed by atoms with Crippen molar-refractivity contribution in [2.75, 3.05) is 0 Å². The normalized spacial score (nSPS) is 10.2. The van der Waals surface area contributed by atoms with Crippen molar-refractivity contribution in [2.24, 2.45) is 0 Å². The maximum atomic E-state index is 11.0. The molecule has 0 unspecified atom stereocenters. The van der Waals surface area contributed by atoms with Crippen LogP contribution in [0.15, 0.2) is 35.7 Å². The van der Waals surface area contributed by atoms with E-state index in [1.54, 1.807) is 6.07 Å². The second kappa shape index (κ2) is 3.87. The summed E-state index contributed by atoms with van der Waals surface area (Å²) in [5, 5.41) is 10.8. The number of hydrogen-bond acceptors (Lipinski definition) is 2. The molecule has 0 saturated heterocycles. The Morgan fingerprint density at radius 3 is 2.67 bits per heavy atom. The molecule has 2 nitrogen and oxygen atoms in total. The van der Waals surface area contributed by atoms with Crippen LogP contribution < -0.4 is 0 Å². The van der Waals surface area contributed by atoms with Gasteiger partial charge in [-0.1, -0.05) is 24.3 Å². The molecular formula is C12H10O2S. The molecule has 0 amide bonds. The van der Waals surface area contributed by atoms with Crippen molar-refractivity contribution >= 4 is 17.3 Å². The van der Waals surface area contributed by atoms with Crippen molar-refractivity contribution in [1.29, 1.82) is 0 Å². The van der Waals surface area contributed by atoms with Crippen LogP contribution in [0.5, 0.6) is 0 Å². The molecule has 1 N–H and O–H groups in total. The van der Waals surface area contributed by atoms with Crippen LogP contribution in [0.2, 0.25) is 0 Å². The lowest BCUT2D eigenvalue weighted by Crippen LogP contribution is -1.96. The van der Waals surface area contributed by atoms with Gasteiger partial charge in [0.2, 0.25) is 0 Å². The van der Waals surface area contributed by atoms with Crippen LogP contribution in [0.4, 0.5) is 0 Å². The van der Waals surface area contributed by atoms with Crippen LogP contribution in [0.25, 0.3) is 10.4 Å². The summed E-state index contributed by atoms with van der Waals surface area (Å²) in [5.41, 5.74) is 2.49. The number of hydrogen-bond donors (Lipinski definition) is 1. The highest BCUT2D eigenvalue weighted by Gasteiger charge is 2.13. The van der Waals surface area contributed by atoms with Crippen molar-refractivity contribution in [3.63, 3.8) is 0 Å². The Morgan fingerprint density at radius 2 is 2.00 bits per heavy atom. The number of carboxylic acid groups (broad SMARTS) is 1. The molecule has 1 aromatic carbocycles. The van der Waals surface area contributed by atoms with E-state index in [1.807, 2.05) is 36.6 Å². The molecule has 0 aliphatic heterocycles. The van der Waals surface area contributed by atoms with Gasteiger partial charge in [0.25, 0.3) is 0 Å². The smallest absolute Gasteiger partial charge is 0.337 e. The number of aromatic carboxylic acids is 1. The van der Waals surface area contributed by atoms with Gasteiger partial charge in [0.1, 0.15) is 0 Å². The first-order valence-corrected chi connectivity index (χ1v) is 5.45. The zero-order valence-corrected chi connectivity index (χ0v) is 9.04. The third kappa shape index (κ3) is 1.78. The van der Waals surface area contributed by atoms with Crippen LogP contribution in [-0.4, -0.2) is 11.1 Å². The van der Waals surface area contributed by atoms with E-state index in [2.05, 4.69) is 0 Å². The van der Waals surface area contributed by atoms with Crippen molar-refractivity contribution in [3.8, 4) is 10.4 Å². The number of benzene rings is 1. The van der Waals surface area contributed by atoms with E-state index in [4.69, 9.17) is 5.11 Å². The van der Waals surface area contributed by atoms with Crippen LogP contribution in [0.1, 0.15) is 15.9 Å². The number of aryl methyl sites for hydroxylation is 1. The Hall–Kier alpha value is -1.61. The van der Waals surface area contributed by atoms with Gasteiger partial charge >= 0.3 is 5.97 Å². The van der Waals surface area contributed by atoms with Gasteiger partial charge in [0, 0.05) is 4.88 Å². The molecule has 0 bridgehead atoms. The molecule has 0 fully saturated rings. The van der Waals surface area contributed by atoms with Gasteiger partial charge in [-0.15, -0.1) is 11.3 Å². The number of carbonyl (C=O) groups is 1. The SMILES string of the molecule is Cc1ccccc1-c1sccc1C(=O)O. The lowest BCUT2D eigenvalue weighted by atomic mass is 10.0. The van der Waals surface area contributed by atoms with E-state index < -0.39 is 5.97 Å². The Kier molecular flexibility index (Phi) is 2.56. The highest BCUT2D eigenvalue weighted by Crippen LogP contribution is 2.31. The summed E-state index contributed by atoms with van der Waals surface area (Å²) >= 11 is 1.46. The lowest BCUT2D eigenvalue weighted by molar-refractivity contribution is 0.0698. The average molecular weight is 218 g/mol. The molecule has 0 saturated carbocycles. The van der Waals surface area contributed by atoms with Crippen molar-refractivity contribution in [2.45, 2.75) is 6.92 Å². The van der Waals surface area contributed by atoms with E-state index in [0.717, 1.165) is 16.0 Å². The molecule has 0 aliphatic carbocycles. The van der Waals surface area contributed by atoms with Crippen molar-refractivity contribution in [3.05, 3.63) is 46.8 Å². The zero-order valence-electron chi connectivity index (χ0n) is 8.23. The minimum atomic E-state index is -0.866. The highest BCUT2D eigenvalue weighted by molar-refractivity contribution is 7.14. The largest absolute Gasteiger partial charge is 0.478 e. The van der Waals surface area contributed by atoms with Gasteiger partial charge in [0.05, 0.1) is 5.56 Å². The van der Waals surface area contributed by atoms with Gasteiger partial charge < -0.3 is 5.11 Å². The molecule has 2 aromatic rings. The Bertz CT molecular complexity index is 500. The summed E-state index contributed by atoms with van der Waals surface area (Å²) in [6, 6.07) is 9.46. The third-order valence-corrected chi connectivity index (χ3v) is 3.23.